The summed E-state index contributed by atoms with van der Waals surface area (Å²) >= 11 is 0. The van der Waals surface area contributed by atoms with Crippen molar-refractivity contribution >= 4 is 20.2 Å². The van der Waals surface area contributed by atoms with Crippen LogP contribution in [0.5, 0.6) is 0 Å². The third-order valence-corrected chi connectivity index (χ3v) is 4.64. The molecule has 1 heterocycles. The molecular formula is C17H29N2P. The molecule has 0 aromatic heterocycles. The molecule has 0 aliphatic carbocycles. The predicted molar refractivity (Wildman–Crippen MR) is 93.1 cm³/mol. The molecule has 1 atom stereocenters. The molecule has 1 saturated heterocycles. The Kier molecular flexibility index (Phi) is 6.32. The summed E-state index contributed by atoms with van der Waals surface area (Å²) < 4.78 is 0. The quantitative estimate of drug-likeness (QED) is 0.587. The summed E-state index contributed by atoms with van der Waals surface area (Å²) in [5, 5.41) is 1.32. The third-order valence-electron chi connectivity index (χ3n) is 4.16. The van der Waals surface area contributed by atoms with E-state index in [0.717, 1.165) is 19.0 Å². The summed E-state index contributed by atoms with van der Waals surface area (Å²) in [6.45, 7) is 10.7. The highest BCUT2D eigenvalue weighted by atomic mass is 31.0. The lowest BCUT2D eigenvalue weighted by molar-refractivity contribution is 0.251. The molecule has 112 valence electrons. The maximum absolute atomic E-state index is 2.86. The summed E-state index contributed by atoms with van der Waals surface area (Å²) in [6.07, 6.45) is 4.12. The molecule has 0 N–H and O–H groups in total. The highest BCUT2D eigenvalue weighted by Crippen LogP contribution is 2.16. The molecule has 0 spiro atoms. The monoisotopic (exact) mass is 292 g/mol. The number of benzene rings is 1. The zero-order chi connectivity index (χ0) is 14.4. The Morgan fingerprint density at radius 3 is 2.40 bits per heavy atom. The van der Waals surface area contributed by atoms with Crippen LogP contribution in [-0.4, -0.2) is 37.6 Å². The van der Waals surface area contributed by atoms with E-state index < -0.39 is 0 Å². The lowest BCUT2D eigenvalue weighted by Gasteiger charge is -2.36. The summed E-state index contributed by atoms with van der Waals surface area (Å²) in [4.78, 5) is 5.15. The van der Waals surface area contributed by atoms with Crippen LogP contribution in [0.1, 0.15) is 33.1 Å². The second-order valence-electron chi connectivity index (χ2n) is 6.28. The smallest absolute Gasteiger partial charge is 0.0439 e. The SMILES string of the molecule is CC(C)CCCCN1CCN(c2ccccc2P)CC1. The van der Waals surface area contributed by atoms with Crippen molar-refractivity contribution in [2.75, 3.05) is 37.6 Å². The van der Waals surface area contributed by atoms with E-state index in [-0.39, 0.29) is 0 Å². The van der Waals surface area contributed by atoms with Crippen LogP contribution in [0.25, 0.3) is 0 Å². The second-order valence-corrected chi connectivity index (χ2v) is 6.90. The predicted octanol–water partition coefficient (Wildman–Crippen LogP) is 3.14. The third kappa shape index (κ3) is 4.75. The molecule has 0 saturated carbocycles. The van der Waals surface area contributed by atoms with Crippen molar-refractivity contribution in [2.24, 2.45) is 5.92 Å². The summed E-state index contributed by atoms with van der Waals surface area (Å²) in [7, 11) is 2.86. The fraction of sp³-hybridized carbons (Fsp3) is 0.647. The van der Waals surface area contributed by atoms with Crippen LogP contribution < -0.4 is 10.2 Å². The van der Waals surface area contributed by atoms with E-state index in [1.165, 1.54) is 49.9 Å². The zero-order valence-electron chi connectivity index (χ0n) is 13.0. The van der Waals surface area contributed by atoms with Crippen molar-refractivity contribution < 1.29 is 0 Å². The minimum Gasteiger partial charge on any atom is -0.368 e. The molecule has 1 fully saturated rings. The first-order valence-corrected chi connectivity index (χ1v) is 8.56. The highest BCUT2D eigenvalue weighted by molar-refractivity contribution is 7.28. The fourth-order valence-corrected chi connectivity index (χ4v) is 3.27. The number of rotatable bonds is 6. The molecule has 20 heavy (non-hydrogen) atoms. The minimum absolute atomic E-state index is 0.852. The van der Waals surface area contributed by atoms with Gasteiger partial charge in [0.2, 0.25) is 0 Å². The van der Waals surface area contributed by atoms with Crippen molar-refractivity contribution in [3.63, 3.8) is 0 Å². The van der Waals surface area contributed by atoms with Gasteiger partial charge in [-0.1, -0.05) is 44.9 Å². The lowest BCUT2D eigenvalue weighted by Crippen LogP contribution is -2.47. The van der Waals surface area contributed by atoms with E-state index >= 15 is 0 Å². The standard InChI is InChI=1S/C17H29N2P/c1-15(2)7-5-6-10-18-11-13-19(14-12-18)16-8-3-4-9-17(16)20/h3-4,8-9,15H,5-7,10-14,20H2,1-2H3. The Morgan fingerprint density at radius 1 is 1.05 bits per heavy atom. The number of piperazine rings is 1. The van der Waals surface area contributed by atoms with E-state index in [4.69, 9.17) is 0 Å². The minimum atomic E-state index is 0.852. The molecule has 3 heteroatoms. The number of unbranched alkanes of at least 4 members (excludes halogenated alkanes) is 1. The van der Waals surface area contributed by atoms with E-state index in [1.807, 2.05) is 0 Å². The van der Waals surface area contributed by atoms with Crippen LogP contribution in [0, 0.1) is 5.92 Å². The Morgan fingerprint density at radius 2 is 1.75 bits per heavy atom. The Bertz CT molecular complexity index is 398. The van der Waals surface area contributed by atoms with Gasteiger partial charge in [0, 0.05) is 31.9 Å². The van der Waals surface area contributed by atoms with Crippen molar-refractivity contribution in [1.82, 2.24) is 4.90 Å². The maximum Gasteiger partial charge on any atom is 0.0439 e. The molecule has 0 bridgehead atoms. The molecule has 0 amide bonds. The van der Waals surface area contributed by atoms with Crippen LogP contribution in [0.2, 0.25) is 0 Å². The number of nitrogens with zero attached hydrogens (tertiary/aromatic N) is 2. The highest BCUT2D eigenvalue weighted by Gasteiger charge is 2.17. The first-order valence-electron chi connectivity index (χ1n) is 7.98. The van der Waals surface area contributed by atoms with Crippen molar-refractivity contribution in [1.29, 1.82) is 0 Å². The van der Waals surface area contributed by atoms with Crippen LogP contribution in [0.4, 0.5) is 5.69 Å². The Balaban J connectivity index is 1.71. The topological polar surface area (TPSA) is 6.48 Å². The summed E-state index contributed by atoms with van der Waals surface area (Å²) in [5.74, 6) is 0.852. The van der Waals surface area contributed by atoms with Gasteiger partial charge >= 0.3 is 0 Å². The largest absolute Gasteiger partial charge is 0.368 e. The van der Waals surface area contributed by atoms with Gasteiger partial charge < -0.3 is 4.90 Å². The van der Waals surface area contributed by atoms with Gasteiger partial charge in [0.05, 0.1) is 0 Å². The fourth-order valence-electron chi connectivity index (χ4n) is 2.88. The van der Waals surface area contributed by atoms with Gasteiger partial charge in [-0.2, -0.15) is 0 Å². The van der Waals surface area contributed by atoms with Crippen molar-refractivity contribution in [3.8, 4) is 0 Å². The van der Waals surface area contributed by atoms with E-state index in [2.05, 4.69) is 57.2 Å². The summed E-state index contributed by atoms with van der Waals surface area (Å²) in [5.41, 5.74) is 1.39. The molecule has 1 aromatic rings. The van der Waals surface area contributed by atoms with Gasteiger partial charge in [0.25, 0.3) is 0 Å². The van der Waals surface area contributed by atoms with E-state index in [1.54, 1.807) is 0 Å². The molecule has 0 radical (unpaired) electrons. The van der Waals surface area contributed by atoms with Crippen molar-refractivity contribution in [3.05, 3.63) is 24.3 Å². The molecule has 2 nitrogen and oxygen atoms in total. The van der Waals surface area contributed by atoms with Crippen LogP contribution in [0.15, 0.2) is 24.3 Å². The van der Waals surface area contributed by atoms with Crippen LogP contribution >= 0.6 is 9.24 Å². The molecule has 1 aliphatic heterocycles. The Hall–Kier alpha value is -0.590. The van der Waals surface area contributed by atoms with Gasteiger partial charge in [-0.15, -0.1) is 9.24 Å². The van der Waals surface area contributed by atoms with Gasteiger partial charge in [0.15, 0.2) is 0 Å². The number of hydrogen-bond acceptors (Lipinski definition) is 2. The van der Waals surface area contributed by atoms with Gasteiger partial charge in [0.1, 0.15) is 0 Å². The second kappa shape index (κ2) is 8.00. The molecule has 2 rings (SSSR count). The van der Waals surface area contributed by atoms with Crippen LogP contribution in [0.3, 0.4) is 0 Å². The molecular weight excluding hydrogens is 263 g/mol. The molecule has 1 aliphatic rings. The first kappa shape index (κ1) is 15.8. The lowest BCUT2D eigenvalue weighted by atomic mass is 10.1. The number of para-hydroxylation sites is 1. The van der Waals surface area contributed by atoms with Gasteiger partial charge in [-0.05, 0) is 30.3 Å². The number of anilines is 1. The van der Waals surface area contributed by atoms with Gasteiger partial charge in [-0.25, -0.2) is 0 Å². The summed E-state index contributed by atoms with van der Waals surface area (Å²) in [6, 6.07) is 8.66. The van der Waals surface area contributed by atoms with E-state index in [9.17, 15) is 0 Å². The normalized spacial score (nSPS) is 16.9. The average Bonchev–Trinajstić information content (AvgIpc) is 2.45. The van der Waals surface area contributed by atoms with Gasteiger partial charge in [-0.3, -0.25) is 4.90 Å². The molecule has 1 unspecified atom stereocenters. The Labute approximate surface area is 126 Å². The average molecular weight is 292 g/mol. The maximum atomic E-state index is 2.86. The van der Waals surface area contributed by atoms with Crippen molar-refractivity contribution in [2.45, 2.75) is 33.1 Å². The molecule has 1 aromatic carbocycles. The van der Waals surface area contributed by atoms with E-state index in [0.29, 0.717) is 0 Å². The van der Waals surface area contributed by atoms with Crippen LogP contribution in [-0.2, 0) is 0 Å². The zero-order valence-corrected chi connectivity index (χ0v) is 14.2. The first-order chi connectivity index (χ1) is 9.66. The number of hydrogen-bond donors (Lipinski definition) is 0.